The first-order chi connectivity index (χ1) is 15.4. The summed E-state index contributed by atoms with van der Waals surface area (Å²) in [5, 5.41) is 3.05. The number of anilines is 2. The van der Waals surface area contributed by atoms with Crippen molar-refractivity contribution in [3.8, 4) is 11.1 Å². The summed E-state index contributed by atoms with van der Waals surface area (Å²) in [4.78, 5) is 38.5. The van der Waals surface area contributed by atoms with Gasteiger partial charge in [0.05, 0.1) is 6.04 Å². The summed E-state index contributed by atoms with van der Waals surface area (Å²) in [5.74, 6) is 1.44. The number of amides is 1. The van der Waals surface area contributed by atoms with E-state index in [2.05, 4.69) is 20.2 Å². The average Bonchev–Trinajstić information content (AvgIpc) is 3.56. The Kier molecular flexibility index (Phi) is 6.60. The highest BCUT2D eigenvalue weighted by Gasteiger charge is 2.37. The van der Waals surface area contributed by atoms with Gasteiger partial charge in [-0.1, -0.05) is 6.08 Å². The van der Waals surface area contributed by atoms with Gasteiger partial charge in [-0.15, -0.1) is 0 Å². The van der Waals surface area contributed by atoms with Crippen molar-refractivity contribution in [2.45, 2.75) is 18.9 Å². The second-order valence-electron chi connectivity index (χ2n) is 8.94. The summed E-state index contributed by atoms with van der Waals surface area (Å²) < 4.78 is 0. The first kappa shape index (κ1) is 22.1. The van der Waals surface area contributed by atoms with E-state index in [-0.39, 0.29) is 17.5 Å². The number of nitrogens with one attached hydrogen (secondary N) is 2. The third-order valence-corrected chi connectivity index (χ3v) is 6.04. The minimum atomic E-state index is -0.0899. The first-order valence-corrected chi connectivity index (χ1v) is 11.2. The highest BCUT2D eigenvalue weighted by molar-refractivity contribution is 5.88. The van der Waals surface area contributed by atoms with Crippen molar-refractivity contribution in [1.82, 2.24) is 19.8 Å². The molecule has 1 aliphatic carbocycles. The van der Waals surface area contributed by atoms with Gasteiger partial charge in [0, 0.05) is 57.3 Å². The van der Waals surface area contributed by atoms with E-state index < -0.39 is 0 Å². The van der Waals surface area contributed by atoms with E-state index in [0.717, 1.165) is 30.0 Å². The topological polar surface area (TPSA) is 84.6 Å². The molecule has 1 aliphatic heterocycles. The molecular weight excluding hydrogens is 404 g/mol. The van der Waals surface area contributed by atoms with Gasteiger partial charge in [0.2, 0.25) is 5.91 Å². The molecule has 2 N–H and O–H groups in total. The molecule has 2 aliphatic rings. The van der Waals surface area contributed by atoms with Crippen LogP contribution in [0.4, 0.5) is 11.5 Å². The van der Waals surface area contributed by atoms with Crippen LogP contribution >= 0.6 is 0 Å². The standard InChI is InChI=1S/C24H32N6O2/c1-25-22-12-18(8-9-26-22)19-11-21(24(32)27-13-19)30(14-17-6-7-17)20-15-29(16-20)23(31)5-4-10-28(2)3/h4-5,8-9,11-13,17,20H,6-7,10,14-16H2,1-3H3,(H,25,26)(H,27,32)/b5-4+. The zero-order valence-corrected chi connectivity index (χ0v) is 19.0. The predicted octanol–water partition coefficient (Wildman–Crippen LogP) is 2.02. The van der Waals surface area contributed by atoms with E-state index in [4.69, 9.17) is 0 Å². The molecule has 8 heteroatoms. The number of carbonyl (C=O) groups excluding carboxylic acids is 1. The summed E-state index contributed by atoms with van der Waals surface area (Å²) in [6, 6.07) is 6.03. The Balaban J connectivity index is 1.52. The average molecular weight is 437 g/mol. The van der Waals surface area contributed by atoms with Crippen LogP contribution in [-0.4, -0.2) is 79.0 Å². The van der Waals surface area contributed by atoms with Crippen LogP contribution in [0.2, 0.25) is 0 Å². The number of hydrogen-bond donors (Lipinski definition) is 2. The molecule has 32 heavy (non-hydrogen) atoms. The number of pyridine rings is 2. The van der Waals surface area contributed by atoms with E-state index in [1.54, 1.807) is 18.5 Å². The van der Waals surface area contributed by atoms with Crippen molar-refractivity contribution in [2.24, 2.45) is 5.92 Å². The van der Waals surface area contributed by atoms with Gasteiger partial charge in [-0.05, 0) is 56.6 Å². The molecule has 0 unspecified atom stereocenters. The molecule has 1 saturated carbocycles. The van der Waals surface area contributed by atoms with Crippen molar-refractivity contribution in [1.29, 1.82) is 0 Å². The number of nitrogens with zero attached hydrogens (tertiary/aromatic N) is 4. The largest absolute Gasteiger partial charge is 0.373 e. The molecule has 0 bridgehead atoms. The molecule has 2 fully saturated rings. The van der Waals surface area contributed by atoms with Gasteiger partial charge in [0.25, 0.3) is 5.56 Å². The van der Waals surface area contributed by atoms with Crippen molar-refractivity contribution >= 4 is 17.4 Å². The molecule has 2 aromatic rings. The number of aromatic amines is 1. The van der Waals surface area contributed by atoms with Crippen molar-refractivity contribution < 1.29 is 4.79 Å². The number of carbonyl (C=O) groups is 1. The van der Waals surface area contributed by atoms with Crippen LogP contribution in [0.3, 0.4) is 0 Å². The Morgan fingerprint density at radius 2 is 2.06 bits per heavy atom. The van der Waals surface area contributed by atoms with E-state index >= 15 is 0 Å². The van der Waals surface area contributed by atoms with Gasteiger partial charge in [0.1, 0.15) is 11.5 Å². The number of likely N-dealkylation sites (N-methyl/N-ethyl adjacent to an activating group) is 1. The molecule has 170 valence electrons. The summed E-state index contributed by atoms with van der Waals surface area (Å²) in [6.45, 7) is 2.87. The Bertz CT molecular complexity index is 1040. The molecule has 0 atom stereocenters. The molecule has 0 radical (unpaired) electrons. The van der Waals surface area contributed by atoms with Gasteiger partial charge in [-0.25, -0.2) is 4.98 Å². The fraction of sp³-hybridized carbons (Fsp3) is 0.458. The zero-order valence-electron chi connectivity index (χ0n) is 19.0. The number of likely N-dealkylation sites (tertiary alicyclic amines) is 1. The van der Waals surface area contributed by atoms with Crippen LogP contribution in [0.15, 0.2) is 47.5 Å². The van der Waals surface area contributed by atoms with Gasteiger partial charge >= 0.3 is 0 Å². The molecule has 1 saturated heterocycles. The van der Waals surface area contributed by atoms with Gasteiger partial charge in [-0.2, -0.15) is 0 Å². The summed E-state index contributed by atoms with van der Waals surface area (Å²) in [5.41, 5.74) is 2.52. The molecule has 2 aromatic heterocycles. The van der Waals surface area contributed by atoms with Crippen LogP contribution in [0.5, 0.6) is 0 Å². The van der Waals surface area contributed by atoms with E-state index in [1.165, 1.54) is 12.8 Å². The maximum absolute atomic E-state index is 12.8. The van der Waals surface area contributed by atoms with Gasteiger partial charge in [0.15, 0.2) is 0 Å². The lowest BCUT2D eigenvalue weighted by atomic mass is 10.0. The van der Waals surface area contributed by atoms with Crippen LogP contribution in [0.1, 0.15) is 12.8 Å². The Hall–Kier alpha value is -3.13. The fourth-order valence-corrected chi connectivity index (χ4v) is 3.92. The van der Waals surface area contributed by atoms with Crippen molar-refractivity contribution in [3.63, 3.8) is 0 Å². The second kappa shape index (κ2) is 9.56. The lowest BCUT2D eigenvalue weighted by Crippen LogP contribution is -2.62. The van der Waals surface area contributed by atoms with Crippen molar-refractivity contribution in [2.75, 3.05) is 57.5 Å². The lowest BCUT2D eigenvalue weighted by molar-refractivity contribution is -0.130. The number of rotatable bonds is 9. The second-order valence-corrected chi connectivity index (χ2v) is 8.94. The molecular formula is C24H32N6O2. The Morgan fingerprint density at radius 3 is 2.75 bits per heavy atom. The Morgan fingerprint density at radius 1 is 1.28 bits per heavy atom. The maximum atomic E-state index is 12.8. The van der Waals surface area contributed by atoms with Crippen LogP contribution < -0.4 is 15.8 Å². The van der Waals surface area contributed by atoms with Crippen LogP contribution in [-0.2, 0) is 4.79 Å². The summed E-state index contributed by atoms with van der Waals surface area (Å²) in [7, 11) is 5.78. The van der Waals surface area contributed by atoms with Gasteiger partial charge < -0.3 is 25.0 Å². The van der Waals surface area contributed by atoms with E-state index in [0.29, 0.717) is 24.7 Å². The SMILES string of the molecule is CNc1cc(-c2c[nH]c(=O)c(N(CC3CC3)C3CN(C(=O)/C=C/CN(C)C)C3)c2)ccn1. The number of aromatic nitrogens is 2. The molecule has 1 amide bonds. The molecule has 8 nitrogen and oxygen atoms in total. The van der Waals surface area contributed by atoms with E-state index in [9.17, 15) is 9.59 Å². The normalized spacial score (nSPS) is 16.4. The van der Waals surface area contributed by atoms with E-state index in [1.807, 2.05) is 55.2 Å². The molecule has 3 heterocycles. The summed E-state index contributed by atoms with van der Waals surface area (Å²) in [6.07, 6.45) is 9.45. The molecule has 0 spiro atoms. The van der Waals surface area contributed by atoms with Gasteiger partial charge in [-0.3, -0.25) is 9.59 Å². The third-order valence-electron chi connectivity index (χ3n) is 6.04. The Labute approximate surface area is 188 Å². The molecule has 0 aromatic carbocycles. The first-order valence-electron chi connectivity index (χ1n) is 11.2. The predicted molar refractivity (Wildman–Crippen MR) is 128 cm³/mol. The lowest BCUT2D eigenvalue weighted by Gasteiger charge is -2.46. The third kappa shape index (κ3) is 5.19. The minimum Gasteiger partial charge on any atom is -0.373 e. The van der Waals surface area contributed by atoms with Crippen LogP contribution in [0, 0.1) is 5.92 Å². The smallest absolute Gasteiger partial charge is 0.271 e. The number of H-pyrrole nitrogens is 1. The van der Waals surface area contributed by atoms with Crippen molar-refractivity contribution in [3.05, 3.63) is 53.1 Å². The monoisotopic (exact) mass is 436 g/mol. The highest BCUT2D eigenvalue weighted by Crippen LogP contribution is 2.34. The minimum absolute atomic E-state index is 0.0357. The van der Waals surface area contributed by atoms with Crippen LogP contribution in [0.25, 0.3) is 11.1 Å². The number of hydrogen-bond acceptors (Lipinski definition) is 6. The highest BCUT2D eigenvalue weighted by atomic mass is 16.2. The fourth-order valence-electron chi connectivity index (χ4n) is 3.92. The zero-order chi connectivity index (χ0) is 22.7. The maximum Gasteiger partial charge on any atom is 0.271 e. The summed E-state index contributed by atoms with van der Waals surface area (Å²) >= 11 is 0. The quantitative estimate of drug-likeness (QED) is 0.585. The molecule has 4 rings (SSSR count).